The number of hydrogen-bond donors (Lipinski definition) is 0. The summed E-state index contributed by atoms with van der Waals surface area (Å²) in [7, 11) is -3.14. The van der Waals surface area contributed by atoms with Crippen LogP contribution in [-0.4, -0.2) is 42.4 Å². The summed E-state index contributed by atoms with van der Waals surface area (Å²) >= 11 is 5.71. The highest BCUT2D eigenvalue weighted by atomic mass is 35.5. The summed E-state index contributed by atoms with van der Waals surface area (Å²) in [5.41, 5.74) is 1.01. The van der Waals surface area contributed by atoms with E-state index >= 15 is 0 Å². The molecule has 0 amide bonds. The Bertz CT molecular complexity index is 493. The molecular weight excluding hydrogens is 284 g/mol. The maximum atomic E-state index is 12.2. The first-order chi connectivity index (χ1) is 9.12. The molecule has 1 aliphatic heterocycles. The third-order valence-electron chi connectivity index (χ3n) is 3.56. The van der Waals surface area contributed by atoms with E-state index in [-0.39, 0.29) is 5.75 Å². The quantitative estimate of drug-likeness (QED) is 0.754. The molecule has 1 saturated heterocycles. The van der Waals surface area contributed by atoms with Crippen molar-refractivity contribution in [2.75, 3.05) is 24.7 Å². The molecular formula is C13H19ClN2O2S. The largest absolute Gasteiger partial charge is 0.265 e. The number of aryl methyl sites for hydroxylation is 1. The van der Waals surface area contributed by atoms with E-state index in [9.17, 15) is 8.42 Å². The van der Waals surface area contributed by atoms with Gasteiger partial charge in [-0.2, -0.15) is 0 Å². The number of rotatable bonds is 6. The molecule has 1 unspecified atom stereocenters. The topological polar surface area (TPSA) is 50.3 Å². The Morgan fingerprint density at radius 1 is 1.37 bits per heavy atom. The van der Waals surface area contributed by atoms with Crippen LogP contribution in [0, 0.1) is 5.92 Å². The zero-order chi connectivity index (χ0) is 13.7. The van der Waals surface area contributed by atoms with Crippen LogP contribution in [0.15, 0.2) is 24.5 Å². The lowest BCUT2D eigenvalue weighted by atomic mass is 10.1. The molecule has 1 atom stereocenters. The molecule has 2 heterocycles. The number of nitrogens with zero attached hydrogens (tertiary/aromatic N) is 2. The number of halogens is 1. The molecule has 0 bridgehead atoms. The average Bonchev–Trinajstić information content (AvgIpc) is 2.88. The van der Waals surface area contributed by atoms with Crippen molar-refractivity contribution < 1.29 is 8.42 Å². The fourth-order valence-corrected chi connectivity index (χ4v) is 4.25. The molecule has 1 fully saturated rings. The Labute approximate surface area is 119 Å². The lowest BCUT2D eigenvalue weighted by molar-refractivity contribution is 0.453. The van der Waals surface area contributed by atoms with Crippen molar-refractivity contribution in [2.45, 2.75) is 19.3 Å². The van der Waals surface area contributed by atoms with Gasteiger partial charge in [0.1, 0.15) is 0 Å². The molecule has 1 aromatic rings. The molecule has 19 heavy (non-hydrogen) atoms. The molecule has 1 aliphatic rings. The Morgan fingerprint density at radius 3 is 2.79 bits per heavy atom. The standard InChI is InChI=1S/C13H19ClN2O2S/c14-6-1-13-4-9-16(11-13)19(17,18)10-5-12-2-7-15-8-3-12/h2-3,7-8,13H,1,4-6,9-11H2. The second-order valence-corrected chi connectivity index (χ2v) is 7.38. The lowest BCUT2D eigenvalue weighted by Gasteiger charge is -2.16. The maximum absolute atomic E-state index is 12.2. The molecule has 0 aromatic carbocycles. The molecule has 6 heteroatoms. The van der Waals surface area contributed by atoms with Gasteiger partial charge >= 0.3 is 0 Å². The Morgan fingerprint density at radius 2 is 2.11 bits per heavy atom. The fourth-order valence-electron chi connectivity index (χ4n) is 2.37. The van der Waals surface area contributed by atoms with Gasteiger partial charge in [0.2, 0.25) is 10.0 Å². The van der Waals surface area contributed by atoms with Gasteiger partial charge in [0.25, 0.3) is 0 Å². The number of alkyl halides is 1. The van der Waals surface area contributed by atoms with E-state index in [1.165, 1.54) is 0 Å². The van der Waals surface area contributed by atoms with Crippen LogP contribution in [0.25, 0.3) is 0 Å². The third-order valence-corrected chi connectivity index (χ3v) is 5.61. The zero-order valence-corrected chi connectivity index (χ0v) is 12.4. The van der Waals surface area contributed by atoms with Crippen molar-refractivity contribution in [3.05, 3.63) is 30.1 Å². The van der Waals surface area contributed by atoms with Gasteiger partial charge in [-0.05, 0) is 42.9 Å². The monoisotopic (exact) mass is 302 g/mol. The van der Waals surface area contributed by atoms with Crippen LogP contribution < -0.4 is 0 Å². The van der Waals surface area contributed by atoms with E-state index in [1.54, 1.807) is 16.7 Å². The fraction of sp³-hybridized carbons (Fsp3) is 0.615. The van der Waals surface area contributed by atoms with Gasteiger partial charge in [0, 0.05) is 31.4 Å². The molecule has 0 spiro atoms. The van der Waals surface area contributed by atoms with Crippen LogP contribution in [0.3, 0.4) is 0 Å². The van der Waals surface area contributed by atoms with Crippen molar-refractivity contribution in [2.24, 2.45) is 5.92 Å². The molecule has 2 rings (SSSR count). The number of hydrogen-bond acceptors (Lipinski definition) is 3. The van der Waals surface area contributed by atoms with Crippen molar-refractivity contribution in [1.29, 1.82) is 0 Å². The van der Waals surface area contributed by atoms with Gasteiger partial charge in [-0.15, -0.1) is 11.6 Å². The van der Waals surface area contributed by atoms with E-state index < -0.39 is 10.0 Å². The van der Waals surface area contributed by atoms with E-state index in [2.05, 4.69) is 4.98 Å². The minimum atomic E-state index is -3.14. The summed E-state index contributed by atoms with van der Waals surface area (Å²) < 4.78 is 26.1. The van der Waals surface area contributed by atoms with Crippen molar-refractivity contribution in [3.8, 4) is 0 Å². The van der Waals surface area contributed by atoms with E-state index in [1.807, 2.05) is 12.1 Å². The van der Waals surface area contributed by atoms with Crippen LogP contribution in [-0.2, 0) is 16.4 Å². The molecule has 0 aliphatic carbocycles. The normalized spacial score (nSPS) is 20.8. The van der Waals surface area contributed by atoms with Gasteiger partial charge in [0.05, 0.1) is 5.75 Å². The van der Waals surface area contributed by atoms with Gasteiger partial charge in [0.15, 0.2) is 0 Å². The van der Waals surface area contributed by atoms with Crippen LogP contribution in [0.4, 0.5) is 0 Å². The number of aromatic nitrogens is 1. The molecule has 106 valence electrons. The molecule has 0 N–H and O–H groups in total. The Balaban J connectivity index is 1.89. The summed E-state index contributed by atoms with van der Waals surface area (Å²) in [4.78, 5) is 3.93. The Hall–Kier alpha value is -0.650. The van der Waals surface area contributed by atoms with Crippen molar-refractivity contribution in [3.63, 3.8) is 0 Å². The summed E-state index contributed by atoms with van der Waals surface area (Å²) in [5, 5.41) is 0. The molecule has 1 aromatic heterocycles. The second-order valence-electron chi connectivity index (χ2n) is 4.91. The van der Waals surface area contributed by atoms with E-state index in [4.69, 9.17) is 11.6 Å². The minimum Gasteiger partial charge on any atom is -0.265 e. The first kappa shape index (κ1) is 14.8. The van der Waals surface area contributed by atoms with Crippen LogP contribution in [0.2, 0.25) is 0 Å². The highest BCUT2D eigenvalue weighted by Crippen LogP contribution is 2.23. The first-order valence-corrected chi connectivity index (χ1v) is 8.69. The first-order valence-electron chi connectivity index (χ1n) is 6.54. The van der Waals surface area contributed by atoms with Crippen LogP contribution in [0.1, 0.15) is 18.4 Å². The van der Waals surface area contributed by atoms with Gasteiger partial charge in [-0.3, -0.25) is 4.98 Å². The summed E-state index contributed by atoms with van der Waals surface area (Å²) in [6.45, 7) is 1.27. The Kier molecular flexibility index (Phi) is 5.19. The smallest absolute Gasteiger partial charge is 0.214 e. The molecule has 0 saturated carbocycles. The predicted octanol–water partition coefficient (Wildman–Crippen LogP) is 1.90. The molecule has 0 radical (unpaired) electrons. The SMILES string of the molecule is O=S(=O)(CCc1ccncc1)N1CCC(CCCl)C1. The van der Waals surface area contributed by atoms with E-state index in [0.29, 0.717) is 31.3 Å². The van der Waals surface area contributed by atoms with Crippen molar-refractivity contribution in [1.82, 2.24) is 9.29 Å². The van der Waals surface area contributed by atoms with Gasteiger partial charge in [-0.1, -0.05) is 0 Å². The van der Waals surface area contributed by atoms with Crippen molar-refractivity contribution >= 4 is 21.6 Å². The average molecular weight is 303 g/mol. The van der Waals surface area contributed by atoms with Gasteiger partial charge in [-0.25, -0.2) is 12.7 Å². The number of sulfonamides is 1. The van der Waals surface area contributed by atoms with Crippen LogP contribution >= 0.6 is 11.6 Å². The zero-order valence-electron chi connectivity index (χ0n) is 10.8. The number of pyridine rings is 1. The highest BCUT2D eigenvalue weighted by molar-refractivity contribution is 7.89. The minimum absolute atomic E-state index is 0.171. The summed E-state index contributed by atoms with van der Waals surface area (Å²) in [5.74, 6) is 1.20. The highest BCUT2D eigenvalue weighted by Gasteiger charge is 2.30. The van der Waals surface area contributed by atoms with E-state index in [0.717, 1.165) is 18.4 Å². The third kappa shape index (κ3) is 4.16. The second kappa shape index (κ2) is 6.68. The lowest BCUT2D eigenvalue weighted by Crippen LogP contribution is -2.31. The van der Waals surface area contributed by atoms with Crippen LogP contribution in [0.5, 0.6) is 0 Å². The summed E-state index contributed by atoms with van der Waals surface area (Å²) in [6, 6.07) is 3.71. The molecule has 4 nitrogen and oxygen atoms in total. The van der Waals surface area contributed by atoms with Gasteiger partial charge < -0.3 is 0 Å². The summed E-state index contributed by atoms with van der Waals surface area (Å²) in [6.07, 6.45) is 5.75. The maximum Gasteiger partial charge on any atom is 0.214 e. The predicted molar refractivity (Wildman–Crippen MR) is 76.7 cm³/mol.